The predicted octanol–water partition coefficient (Wildman–Crippen LogP) is 1.30. The maximum atomic E-state index is 9.06. The molecule has 1 aromatic carbocycles. The van der Waals surface area contributed by atoms with E-state index >= 15 is 0 Å². The molecule has 1 aromatic rings. The van der Waals surface area contributed by atoms with E-state index in [0.717, 1.165) is 11.3 Å². The Labute approximate surface area is 66.3 Å². The van der Waals surface area contributed by atoms with Gasteiger partial charge in [0.25, 0.3) is 0 Å². The van der Waals surface area contributed by atoms with Gasteiger partial charge in [0.05, 0.1) is 12.8 Å². The Bertz CT molecular complexity index is 251. The summed E-state index contributed by atoms with van der Waals surface area (Å²) in [6.07, 6.45) is 0. The smallest absolute Gasteiger partial charge is 0.118 e. The number of methoxy groups -OCH3 is 1. The number of nitrogens with zero attached hydrogens (tertiary/aromatic N) is 1. The molecule has 1 rings (SSSR count). The minimum Gasteiger partial charge on any atom is -0.497 e. The second-order valence-electron chi connectivity index (χ2n) is 2.31. The van der Waals surface area contributed by atoms with Crippen LogP contribution in [0.1, 0.15) is 12.5 Å². The summed E-state index contributed by atoms with van der Waals surface area (Å²) in [6.45, 7) is 1.65. The van der Waals surface area contributed by atoms with Crippen molar-refractivity contribution in [1.82, 2.24) is 5.41 Å². The molecule has 0 fully saturated rings. The zero-order valence-electron chi connectivity index (χ0n) is 6.66. The van der Waals surface area contributed by atoms with Crippen LogP contribution in [0.15, 0.2) is 24.3 Å². The van der Waals surface area contributed by atoms with E-state index in [1.165, 1.54) is 0 Å². The third-order valence-corrected chi connectivity index (χ3v) is 1.51. The second-order valence-corrected chi connectivity index (χ2v) is 2.31. The molecular weight excluding hydrogens is 138 g/mol. The summed E-state index contributed by atoms with van der Waals surface area (Å²) in [7, 11) is 1.62. The van der Waals surface area contributed by atoms with Gasteiger partial charge in [-0.05, 0) is 36.8 Å². The molecule has 0 aliphatic rings. The van der Waals surface area contributed by atoms with E-state index in [0.29, 0.717) is 5.71 Å². The molecule has 0 aliphatic carbocycles. The molecule has 2 heteroatoms. The lowest BCUT2D eigenvalue weighted by Gasteiger charge is -1.99. The first-order chi connectivity index (χ1) is 5.24. The van der Waals surface area contributed by atoms with Crippen molar-refractivity contribution in [3.05, 3.63) is 29.8 Å². The lowest BCUT2D eigenvalue weighted by molar-refractivity contribution is 0.415. The SMILES string of the molecule is COc1ccc(C(C)=[N])cc1. The van der Waals surface area contributed by atoms with Crippen molar-refractivity contribution < 1.29 is 4.74 Å². The molecule has 0 unspecified atom stereocenters. The first-order valence-electron chi connectivity index (χ1n) is 3.41. The normalized spacial score (nSPS) is 9.27. The Balaban J connectivity index is 2.91. The third kappa shape index (κ3) is 1.80. The van der Waals surface area contributed by atoms with E-state index in [2.05, 4.69) is 0 Å². The quantitative estimate of drug-likeness (QED) is 0.582. The third-order valence-electron chi connectivity index (χ3n) is 1.51. The monoisotopic (exact) mass is 148 g/mol. The average Bonchev–Trinajstić information content (AvgIpc) is 2.05. The van der Waals surface area contributed by atoms with Crippen LogP contribution in [-0.2, 0) is 0 Å². The molecule has 57 valence electrons. The molecule has 0 aromatic heterocycles. The van der Waals surface area contributed by atoms with E-state index in [9.17, 15) is 0 Å². The van der Waals surface area contributed by atoms with Gasteiger partial charge in [-0.25, -0.2) is 0 Å². The van der Waals surface area contributed by atoms with Gasteiger partial charge in [-0.3, -0.25) is 0 Å². The van der Waals surface area contributed by atoms with Crippen LogP contribution in [0.4, 0.5) is 0 Å². The van der Waals surface area contributed by atoms with Gasteiger partial charge in [0.15, 0.2) is 0 Å². The molecule has 0 spiro atoms. The van der Waals surface area contributed by atoms with E-state index in [-0.39, 0.29) is 0 Å². The standard InChI is InChI=1S/C9H10NO/c1-7(10)8-3-5-9(11-2)6-4-8/h3-6H,1-2H3. The molecule has 1 radical (unpaired) electrons. The fourth-order valence-corrected chi connectivity index (χ4v) is 0.832. The summed E-state index contributed by atoms with van der Waals surface area (Å²) >= 11 is 0. The largest absolute Gasteiger partial charge is 0.497 e. The fourth-order valence-electron chi connectivity index (χ4n) is 0.832. The van der Waals surface area contributed by atoms with Crippen molar-refractivity contribution in [2.75, 3.05) is 7.11 Å². The molecule has 0 amide bonds. The van der Waals surface area contributed by atoms with E-state index in [1.54, 1.807) is 14.0 Å². The number of hydrogen-bond acceptors (Lipinski definition) is 1. The molecule has 0 atom stereocenters. The van der Waals surface area contributed by atoms with Crippen LogP contribution in [0.3, 0.4) is 0 Å². The van der Waals surface area contributed by atoms with Gasteiger partial charge in [0.2, 0.25) is 0 Å². The van der Waals surface area contributed by atoms with E-state index in [1.807, 2.05) is 24.3 Å². The molecule has 0 heterocycles. The second kappa shape index (κ2) is 3.19. The Kier molecular flexibility index (Phi) is 2.26. The number of ether oxygens (including phenoxy) is 1. The van der Waals surface area contributed by atoms with Crippen molar-refractivity contribution in [3.8, 4) is 5.75 Å². The lowest BCUT2D eigenvalue weighted by Crippen LogP contribution is -1.94. The highest BCUT2D eigenvalue weighted by molar-refractivity contribution is 5.96. The summed E-state index contributed by atoms with van der Waals surface area (Å²) in [5, 5.41) is 9.06. The Hall–Kier alpha value is -1.31. The number of benzene rings is 1. The van der Waals surface area contributed by atoms with Crippen LogP contribution < -0.4 is 10.1 Å². The maximum Gasteiger partial charge on any atom is 0.118 e. The summed E-state index contributed by atoms with van der Waals surface area (Å²) in [4.78, 5) is 0. The van der Waals surface area contributed by atoms with Crippen LogP contribution in [0.2, 0.25) is 0 Å². The summed E-state index contributed by atoms with van der Waals surface area (Å²) in [5.41, 5.74) is 1.15. The van der Waals surface area contributed by atoms with Crippen molar-refractivity contribution in [2.24, 2.45) is 0 Å². The fraction of sp³-hybridized carbons (Fsp3) is 0.222. The first-order valence-corrected chi connectivity index (χ1v) is 3.41. The summed E-state index contributed by atoms with van der Waals surface area (Å²) < 4.78 is 4.96. The Morgan fingerprint density at radius 2 is 1.82 bits per heavy atom. The molecular formula is C9H10NO. The van der Waals surface area contributed by atoms with Gasteiger partial charge in [-0.2, -0.15) is 5.41 Å². The number of rotatable bonds is 2. The minimum atomic E-state index is 0.327. The van der Waals surface area contributed by atoms with Gasteiger partial charge >= 0.3 is 0 Å². The van der Waals surface area contributed by atoms with Crippen molar-refractivity contribution >= 4 is 5.71 Å². The zero-order valence-corrected chi connectivity index (χ0v) is 6.66. The molecule has 0 bridgehead atoms. The average molecular weight is 148 g/mol. The highest BCUT2D eigenvalue weighted by atomic mass is 16.5. The Morgan fingerprint density at radius 1 is 1.27 bits per heavy atom. The highest BCUT2D eigenvalue weighted by Crippen LogP contribution is 2.10. The maximum absolute atomic E-state index is 9.06. The van der Waals surface area contributed by atoms with Gasteiger partial charge in [-0.1, -0.05) is 0 Å². The van der Waals surface area contributed by atoms with Crippen LogP contribution in [-0.4, -0.2) is 12.8 Å². The van der Waals surface area contributed by atoms with Crippen LogP contribution in [0.5, 0.6) is 5.75 Å². The number of hydrogen-bond donors (Lipinski definition) is 0. The predicted molar refractivity (Wildman–Crippen MR) is 44.9 cm³/mol. The van der Waals surface area contributed by atoms with E-state index < -0.39 is 0 Å². The minimum absolute atomic E-state index is 0.327. The van der Waals surface area contributed by atoms with Crippen molar-refractivity contribution in [1.29, 1.82) is 0 Å². The van der Waals surface area contributed by atoms with E-state index in [4.69, 9.17) is 10.1 Å². The van der Waals surface area contributed by atoms with Crippen molar-refractivity contribution in [2.45, 2.75) is 6.92 Å². The first kappa shape index (κ1) is 7.79. The topological polar surface area (TPSA) is 31.5 Å². The highest BCUT2D eigenvalue weighted by Gasteiger charge is 1.95. The van der Waals surface area contributed by atoms with Crippen LogP contribution in [0.25, 0.3) is 0 Å². The molecule has 0 saturated carbocycles. The van der Waals surface area contributed by atoms with Gasteiger partial charge in [-0.15, -0.1) is 0 Å². The van der Waals surface area contributed by atoms with Crippen molar-refractivity contribution in [3.63, 3.8) is 0 Å². The zero-order chi connectivity index (χ0) is 8.27. The van der Waals surface area contributed by atoms with Crippen LogP contribution >= 0.6 is 0 Å². The van der Waals surface area contributed by atoms with Gasteiger partial charge < -0.3 is 4.74 Å². The summed E-state index contributed by atoms with van der Waals surface area (Å²) in [6, 6.07) is 7.26. The molecule has 2 nitrogen and oxygen atoms in total. The molecule has 0 saturated heterocycles. The van der Waals surface area contributed by atoms with Gasteiger partial charge in [0, 0.05) is 0 Å². The molecule has 0 aliphatic heterocycles. The molecule has 0 N–H and O–H groups in total. The lowest BCUT2D eigenvalue weighted by atomic mass is 10.1. The molecule has 11 heavy (non-hydrogen) atoms. The van der Waals surface area contributed by atoms with Gasteiger partial charge in [0.1, 0.15) is 5.75 Å². The Morgan fingerprint density at radius 3 is 2.18 bits per heavy atom. The summed E-state index contributed by atoms with van der Waals surface area (Å²) in [5.74, 6) is 0.801. The van der Waals surface area contributed by atoms with Crippen LogP contribution in [0, 0.1) is 0 Å².